The molecule has 0 saturated carbocycles. The molecule has 9 nitrogen and oxygen atoms in total. The van der Waals surface area contributed by atoms with Gasteiger partial charge in [-0.1, -0.05) is 13.0 Å². The number of primary sulfonamides is 1. The van der Waals surface area contributed by atoms with Gasteiger partial charge < -0.3 is 19.2 Å². The Labute approximate surface area is 193 Å². The number of likely N-dealkylation sites (tertiary alicyclic amines) is 1. The molecule has 3 aromatic rings. The van der Waals surface area contributed by atoms with Crippen molar-refractivity contribution >= 4 is 27.1 Å². The highest BCUT2D eigenvalue weighted by atomic mass is 32.2. The minimum absolute atomic E-state index is 0.0185. The Balaban J connectivity index is 1.34. The summed E-state index contributed by atoms with van der Waals surface area (Å²) in [5.74, 6) is 1.54. The molecular weight excluding hydrogens is 444 g/mol. The molecular formula is C23H30N4O5S. The number of rotatable bonds is 9. The average Bonchev–Trinajstić information content (AvgIpc) is 3.20. The van der Waals surface area contributed by atoms with Gasteiger partial charge in [-0.2, -0.15) is 4.98 Å². The van der Waals surface area contributed by atoms with Crippen molar-refractivity contribution in [2.24, 2.45) is 5.14 Å². The van der Waals surface area contributed by atoms with Crippen molar-refractivity contribution in [2.45, 2.75) is 43.7 Å². The molecule has 1 saturated heterocycles. The fraction of sp³-hybridized carbons (Fsp3) is 0.435. The quantitative estimate of drug-likeness (QED) is 0.484. The van der Waals surface area contributed by atoms with Gasteiger partial charge in [-0.05, 0) is 55.2 Å². The van der Waals surface area contributed by atoms with E-state index in [1.165, 1.54) is 17.7 Å². The predicted octanol–water partition coefficient (Wildman–Crippen LogP) is 3.35. The summed E-state index contributed by atoms with van der Waals surface area (Å²) in [5, 5.41) is 8.54. The predicted molar refractivity (Wildman–Crippen MR) is 126 cm³/mol. The summed E-state index contributed by atoms with van der Waals surface area (Å²) in [7, 11) is -2.12. The van der Waals surface area contributed by atoms with Gasteiger partial charge >= 0.3 is 0 Å². The lowest BCUT2D eigenvalue weighted by molar-refractivity contribution is 0.209. The number of hydrogen-bond donors (Lipinski definition) is 2. The number of aromatic nitrogens is 1. The molecule has 0 spiro atoms. The zero-order valence-electron chi connectivity index (χ0n) is 18.9. The molecule has 1 aliphatic rings. The number of nitrogens with two attached hydrogens (primary N) is 1. The highest BCUT2D eigenvalue weighted by Gasteiger charge is 2.21. The first-order valence-corrected chi connectivity index (χ1v) is 12.6. The van der Waals surface area contributed by atoms with Crippen molar-refractivity contribution in [1.82, 2.24) is 9.88 Å². The number of ether oxygens (including phenoxy) is 2. The van der Waals surface area contributed by atoms with Crippen molar-refractivity contribution in [3.8, 4) is 11.5 Å². The molecule has 1 fully saturated rings. The van der Waals surface area contributed by atoms with E-state index in [0.717, 1.165) is 50.4 Å². The third-order valence-electron chi connectivity index (χ3n) is 5.70. The van der Waals surface area contributed by atoms with E-state index in [1.54, 1.807) is 13.2 Å². The summed E-state index contributed by atoms with van der Waals surface area (Å²) < 4.78 is 40.1. The molecule has 0 amide bonds. The number of methoxy groups -OCH3 is 1. The molecule has 0 aliphatic carbocycles. The smallest absolute Gasteiger partial charge is 0.295 e. The summed E-state index contributed by atoms with van der Waals surface area (Å²) in [6.45, 7) is 5.46. The minimum atomic E-state index is -3.78. The van der Waals surface area contributed by atoms with E-state index >= 15 is 0 Å². The lowest BCUT2D eigenvalue weighted by Gasteiger charge is -2.32. The molecule has 33 heavy (non-hydrogen) atoms. The third-order valence-corrected chi connectivity index (χ3v) is 6.61. The topological polar surface area (TPSA) is 120 Å². The number of hydrogen-bond acceptors (Lipinski definition) is 8. The van der Waals surface area contributed by atoms with Crippen molar-refractivity contribution in [3.05, 3.63) is 42.0 Å². The van der Waals surface area contributed by atoms with Crippen molar-refractivity contribution in [3.63, 3.8) is 0 Å². The molecule has 2 heterocycles. The Hall–Kier alpha value is -2.82. The van der Waals surface area contributed by atoms with Gasteiger partial charge in [0, 0.05) is 25.7 Å². The van der Waals surface area contributed by atoms with E-state index in [9.17, 15) is 8.42 Å². The number of fused-ring (bicyclic) bond motifs is 1. The summed E-state index contributed by atoms with van der Waals surface area (Å²) in [4.78, 5) is 6.81. The second-order valence-corrected chi connectivity index (χ2v) is 9.78. The van der Waals surface area contributed by atoms with Crippen LogP contribution in [0.5, 0.6) is 11.5 Å². The second kappa shape index (κ2) is 9.98. The van der Waals surface area contributed by atoms with E-state index in [1.807, 2.05) is 6.07 Å². The van der Waals surface area contributed by atoms with Gasteiger partial charge in [0.15, 0.2) is 17.1 Å². The normalized spacial score (nSPS) is 15.6. The van der Waals surface area contributed by atoms with Crippen molar-refractivity contribution in [2.75, 3.05) is 32.1 Å². The Morgan fingerprint density at radius 2 is 1.97 bits per heavy atom. The van der Waals surface area contributed by atoms with Crippen LogP contribution >= 0.6 is 0 Å². The van der Waals surface area contributed by atoms with E-state index < -0.39 is 10.0 Å². The average molecular weight is 475 g/mol. The van der Waals surface area contributed by atoms with Gasteiger partial charge in [0.25, 0.3) is 6.01 Å². The third kappa shape index (κ3) is 5.76. The van der Waals surface area contributed by atoms with Crippen LogP contribution < -0.4 is 19.9 Å². The van der Waals surface area contributed by atoms with Gasteiger partial charge in [0.05, 0.1) is 18.6 Å². The monoisotopic (exact) mass is 474 g/mol. The van der Waals surface area contributed by atoms with Crippen molar-refractivity contribution < 1.29 is 22.3 Å². The summed E-state index contributed by atoms with van der Waals surface area (Å²) >= 11 is 0. The zero-order chi connectivity index (χ0) is 23.4. The number of piperidine rings is 1. The maximum Gasteiger partial charge on any atom is 0.295 e. The van der Waals surface area contributed by atoms with Crippen LogP contribution in [0.2, 0.25) is 0 Å². The Bertz CT molecular complexity index is 1200. The van der Waals surface area contributed by atoms with Crippen LogP contribution in [0.3, 0.4) is 0 Å². The second-order valence-electron chi connectivity index (χ2n) is 8.22. The largest absolute Gasteiger partial charge is 0.493 e. The van der Waals surface area contributed by atoms with Crippen LogP contribution in [-0.2, 0) is 16.6 Å². The summed E-state index contributed by atoms with van der Waals surface area (Å²) in [5.41, 5.74) is 2.17. The van der Waals surface area contributed by atoms with Crippen molar-refractivity contribution in [1.29, 1.82) is 0 Å². The van der Waals surface area contributed by atoms with E-state index in [2.05, 4.69) is 34.3 Å². The van der Waals surface area contributed by atoms with Gasteiger partial charge in [-0.3, -0.25) is 4.90 Å². The standard InChI is InChI=1S/C23H30N4O5S/c1-3-12-31-22-13-16(4-6-21(22)30-2)15-27-10-8-17(9-11-27)25-23-26-19-14-18(33(24,28)29)5-7-20(19)32-23/h4-7,13-14,17H,3,8-12,15H2,1-2H3,(H,25,26)(H2,24,28,29). The van der Waals surface area contributed by atoms with Gasteiger partial charge in [0.1, 0.15) is 5.52 Å². The molecule has 0 bridgehead atoms. The first kappa shape index (κ1) is 23.3. The van der Waals surface area contributed by atoms with Crippen LogP contribution in [0.25, 0.3) is 11.1 Å². The Kier molecular flexibility index (Phi) is 7.06. The van der Waals surface area contributed by atoms with Crippen LogP contribution in [0.4, 0.5) is 6.01 Å². The number of anilines is 1. The molecule has 3 N–H and O–H groups in total. The highest BCUT2D eigenvalue weighted by Crippen LogP contribution is 2.29. The number of benzene rings is 2. The number of sulfonamides is 1. The Morgan fingerprint density at radius 3 is 2.67 bits per heavy atom. The molecule has 0 radical (unpaired) electrons. The first-order valence-electron chi connectivity index (χ1n) is 11.1. The van der Waals surface area contributed by atoms with Gasteiger partial charge in [-0.25, -0.2) is 13.6 Å². The lowest BCUT2D eigenvalue weighted by Crippen LogP contribution is -2.38. The number of oxazole rings is 1. The molecule has 4 rings (SSSR count). The summed E-state index contributed by atoms with van der Waals surface area (Å²) in [6.07, 6.45) is 2.83. The van der Waals surface area contributed by atoms with E-state index in [-0.39, 0.29) is 10.9 Å². The summed E-state index contributed by atoms with van der Waals surface area (Å²) in [6, 6.07) is 11.1. The maximum absolute atomic E-state index is 11.5. The van der Waals surface area contributed by atoms with E-state index in [4.69, 9.17) is 19.0 Å². The molecule has 10 heteroatoms. The fourth-order valence-electron chi connectivity index (χ4n) is 3.96. The van der Waals surface area contributed by atoms with Gasteiger partial charge in [0.2, 0.25) is 10.0 Å². The molecule has 1 aliphatic heterocycles. The first-order chi connectivity index (χ1) is 15.9. The Morgan fingerprint density at radius 1 is 1.18 bits per heavy atom. The minimum Gasteiger partial charge on any atom is -0.493 e. The van der Waals surface area contributed by atoms with Crippen LogP contribution in [0, 0.1) is 0 Å². The highest BCUT2D eigenvalue weighted by molar-refractivity contribution is 7.89. The fourth-order valence-corrected chi connectivity index (χ4v) is 4.49. The molecule has 0 unspecified atom stereocenters. The maximum atomic E-state index is 11.5. The SMILES string of the molecule is CCCOc1cc(CN2CCC(Nc3nc4cc(S(N)(=O)=O)ccc4o3)CC2)ccc1OC. The molecule has 2 aromatic carbocycles. The lowest BCUT2D eigenvalue weighted by atomic mass is 10.0. The van der Waals surface area contributed by atoms with Crippen LogP contribution in [0.15, 0.2) is 45.7 Å². The molecule has 178 valence electrons. The van der Waals surface area contributed by atoms with Crippen LogP contribution in [0.1, 0.15) is 31.7 Å². The zero-order valence-corrected chi connectivity index (χ0v) is 19.7. The molecule has 1 aromatic heterocycles. The van der Waals surface area contributed by atoms with Crippen LogP contribution in [-0.4, -0.2) is 51.1 Å². The number of nitrogens with one attached hydrogen (secondary N) is 1. The number of nitrogens with zero attached hydrogens (tertiary/aromatic N) is 2. The molecule has 0 atom stereocenters. The van der Waals surface area contributed by atoms with Gasteiger partial charge in [-0.15, -0.1) is 0 Å². The van der Waals surface area contributed by atoms with E-state index in [0.29, 0.717) is 23.7 Å².